The average molecular weight is 371 g/mol. The minimum absolute atomic E-state index is 0.103. The fourth-order valence-electron chi connectivity index (χ4n) is 4.82. The summed E-state index contributed by atoms with van der Waals surface area (Å²) in [5.41, 5.74) is 6.01. The van der Waals surface area contributed by atoms with Crippen LogP contribution in [0.5, 0.6) is 0 Å². The third kappa shape index (κ3) is 2.77. The number of rotatable bonds is 2. The Morgan fingerprint density at radius 3 is 2.71 bits per heavy atom. The van der Waals surface area contributed by atoms with E-state index < -0.39 is 0 Å². The van der Waals surface area contributed by atoms with Crippen molar-refractivity contribution in [1.29, 1.82) is 0 Å². The number of aromatic nitrogens is 4. The van der Waals surface area contributed by atoms with Crippen molar-refractivity contribution < 1.29 is 0 Å². The molecule has 2 aliphatic rings. The lowest BCUT2D eigenvalue weighted by Crippen LogP contribution is -2.46. The number of nitrogens with zero attached hydrogens (tertiary/aromatic N) is 5. The highest BCUT2D eigenvalue weighted by molar-refractivity contribution is 5.56. The van der Waals surface area contributed by atoms with Crippen molar-refractivity contribution in [2.24, 2.45) is 0 Å². The molecule has 1 aliphatic heterocycles. The van der Waals surface area contributed by atoms with E-state index in [2.05, 4.69) is 52.0 Å². The molecule has 1 atom stereocenters. The lowest BCUT2D eigenvalue weighted by Gasteiger charge is -2.41. The van der Waals surface area contributed by atoms with Gasteiger partial charge in [-0.05, 0) is 45.1 Å². The molecule has 0 amide bonds. The zero-order valence-corrected chi connectivity index (χ0v) is 16.5. The summed E-state index contributed by atoms with van der Waals surface area (Å²) in [4.78, 5) is 21.2. The summed E-state index contributed by atoms with van der Waals surface area (Å²) in [6.45, 7) is 6.21. The van der Waals surface area contributed by atoms with Crippen molar-refractivity contribution in [2.45, 2.75) is 44.9 Å². The van der Waals surface area contributed by atoms with Crippen LogP contribution in [-0.4, -0.2) is 33.0 Å². The van der Waals surface area contributed by atoms with Crippen molar-refractivity contribution in [3.63, 3.8) is 0 Å². The van der Waals surface area contributed by atoms with Crippen molar-refractivity contribution in [2.75, 3.05) is 18.0 Å². The van der Waals surface area contributed by atoms with Gasteiger partial charge < -0.3 is 4.90 Å². The first-order valence-electron chi connectivity index (χ1n) is 10.1. The lowest BCUT2D eigenvalue weighted by molar-refractivity contribution is 0.333. The van der Waals surface area contributed by atoms with Crippen molar-refractivity contribution >= 4 is 5.82 Å². The quantitative estimate of drug-likeness (QED) is 0.681. The molecule has 5 nitrogen and oxygen atoms in total. The molecule has 5 heteroatoms. The van der Waals surface area contributed by atoms with Crippen LogP contribution in [0.15, 0.2) is 42.9 Å². The Balaban J connectivity index is 1.53. The molecule has 1 aliphatic carbocycles. The zero-order valence-electron chi connectivity index (χ0n) is 16.5. The zero-order chi connectivity index (χ0) is 19.1. The van der Waals surface area contributed by atoms with E-state index in [0.717, 1.165) is 55.3 Å². The second-order valence-corrected chi connectivity index (χ2v) is 8.15. The molecule has 1 unspecified atom stereocenters. The molecule has 3 heterocycles. The summed E-state index contributed by atoms with van der Waals surface area (Å²) in [6, 6.07) is 10.3. The molecule has 142 valence electrons. The molecular weight excluding hydrogens is 346 g/mol. The average Bonchev–Trinajstić information content (AvgIpc) is 3.08. The second-order valence-electron chi connectivity index (χ2n) is 8.15. The predicted octanol–water partition coefficient (Wildman–Crippen LogP) is 4.03. The van der Waals surface area contributed by atoms with Gasteiger partial charge in [0.2, 0.25) is 0 Å². The first-order chi connectivity index (χ1) is 13.7. The van der Waals surface area contributed by atoms with Gasteiger partial charge in [0.05, 0.1) is 5.69 Å². The Bertz CT molecular complexity index is 1010. The van der Waals surface area contributed by atoms with Crippen molar-refractivity contribution in [3.8, 4) is 11.4 Å². The number of hydrogen-bond acceptors (Lipinski definition) is 5. The number of hydrogen-bond donors (Lipinski definition) is 0. The van der Waals surface area contributed by atoms with Crippen LogP contribution < -0.4 is 4.90 Å². The smallest absolute Gasteiger partial charge is 0.159 e. The minimum atomic E-state index is 0.103. The fraction of sp³-hybridized carbons (Fsp3) is 0.391. The van der Waals surface area contributed by atoms with Gasteiger partial charge in [0.25, 0.3) is 0 Å². The summed E-state index contributed by atoms with van der Waals surface area (Å²) in [5, 5.41) is 0. The van der Waals surface area contributed by atoms with Gasteiger partial charge in [0, 0.05) is 41.5 Å². The van der Waals surface area contributed by atoms with Crippen LogP contribution in [0.1, 0.15) is 41.8 Å². The van der Waals surface area contributed by atoms with Crippen molar-refractivity contribution in [3.05, 3.63) is 65.4 Å². The summed E-state index contributed by atoms with van der Waals surface area (Å²) in [7, 11) is 0. The van der Waals surface area contributed by atoms with Crippen LogP contribution in [0.3, 0.4) is 0 Å². The molecule has 2 aromatic heterocycles. The van der Waals surface area contributed by atoms with Gasteiger partial charge in [-0.15, -0.1) is 0 Å². The van der Waals surface area contributed by atoms with Crippen molar-refractivity contribution in [1.82, 2.24) is 19.9 Å². The third-order valence-corrected chi connectivity index (χ3v) is 6.46. The molecule has 1 fully saturated rings. The van der Waals surface area contributed by atoms with E-state index in [4.69, 9.17) is 4.98 Å². The van der Waals surface area contributed by atoms with E-state index in [1.807, 2.05) is 18.2 Å². The lowest BCUT2D eigenvalue weighted by atomic mass is 9.77. The summed E-state index contributed by atoms with van der Waals surface area (Å²) >= 11 is 0. The molecule has 0 bridgehead atoms. The van der Waals surface area contributed by atoms with Crippen LogP contribution in [0.4, 0.5) is 5.82 Å². The number of fused-ring (bicyclic) bond motifs is 2. The van der Waals surface area contributed by atoms with Gasteiger partial charge in [-0.25, -0.2) is 19.9 Å². The maximum atomic E-state index is 5.10. The molecule has 1 spiro atoms. The Morgan fingerprint density at radius 1 is 1.00 bits per heavy atom. The van der Waals surface area contributed by atoms with Crippen LogP contribution in [0.25, 0.3) is 11.4 Å². The van der Waals surface area contributed by atoms with Gasteiger partial charge >= 0.3 is 0 Å². The first kappa shape index (κ1) is 17.3. The Kier molecular flexibility index (Phi) is 4.11. The van der Waals surface area contributed by atoms with E-state index in [0.29, 0.717) is 0 Å². The van der Waals surface area contributed by atoms with E-state index >= 15 is 0 Å². The standard InChI is InChI=1S/C23H25N5/c1-16-17(2)25-15-26-22(16)28-12-6-10-23(14-28)11-9-19-13-24-21(27-20(19)23)18-7-4-3-5-8-18/h3-5,7-8,13,15H,6,9-12,14H2,1-2H3. The van der Waals surface area contributed by atoms with Crippen LogP contribution in [-0.2, 0) is 11.8 Å². The normalized spacial score (nSPS) is 21.1. The third-order valence-electron chi connectivity index (χ3n) is 6.46. The largest absolute Gasteiger partial charge is 0.355 e. The molecule has 5 rings (SSSR count). The van der Waals surface area contributed by atoms with E-state index in [-0.39, 0.29) is 5.41 Å². The molecule has 1 saturated heterocycles. The molecule has 0 saturated carbocycles. The van der Waals surface area contributed by atoms with Gasteiger partial charge in [0.15, 0.2) is 5.82 Å². The summed E-state index contributed by atoms with van der Waals surface area (Å²) < 4.78 is 0. The maximum absolute atomic E-state index is 5.10. The molecule has 0 N–H and O–H groups in total. The maximum Gasteiger partial charge on any atom is 0.159 e. The molecule has 0 radical (unpaired) electrons. The topological polar surface area (TPSA) is 54.8 Å². The number of piperidine rings is 1. The Labute approximate surface area is 165 Å². The number of aryl methyl sites for hydroxylation is 2. The van der Waals surface area contributed by atoms with E-state index in [9.17, 15) is 0 Å². The second kappa shape index (κ2) is 6.66. The fourth-order valence-corrected chi connectivity index (χ4v) is 4.82. The Morgan fingerprint density at radius 2 is 1.86 bits per heavy atom. The molecule has 1 aromatic carbocycles. The van der Waals surface area contributed by atoms with Crippen LogP contribution in [0, 0.1) is 13.8 Å². The summed E-state index contributed by atoms with van der Waals surface area (Å²) in [5.74, 6) is 1.92. The van der Waals surface area contributed by atoms with Gasteiger partial charge in [-0.1, -0.05) is 30.3 Å². The monoisotopic (exact) mass is 371 g/mol. The van der Waals surface area contributed by atoms with Gasteiger partial charge in [0.1, 0.15) is 12.1 Å². The minimum Gasteiger partial charge on any atom is -0.355 e. The Hall–Kier alpha value is -2.82. The van der Waals surface area contributed by atoms with Crippen LogP contribution >= 0.6 is 0 Å². The predicted molar refractivity (Wildman–Crippen MR) is 110 cm³/mol. The molecular formula is C23H25N5. The molecule has 28 heavy (non-hydrogen) atoms. The first-order valence-corrected chi connectivity index (χ1v) is 10.1. The van der Waals surface area contributed by atoms with E-state index in [1.165, 1.54) is 23.2 Å². The highest BCUT2D eigenvalue weighted by atomic mass is 15.2. The highest BCUT2D eigenvalue weighted by Gasteiger charge is 2.44. The summed E-state index contributed by atoms with van der Waals surface area (Å²) in [6.07, 6.45) is 8.31. The van der Waals surface area contributed by atoms with Gasteiger partial charge in [-0.2, -0.15) is 0 Å². The van der Waals surface area contributed by atoms with Crippen LogP contribution in [0.2, 0.25) is 0 Å². The van der Waals surface area contributed by atoms with Gasteiger partial charge in [-0.3, -0.25) is 0 Å². The van der Waals surface area contributed by atoms with E-state index in [1.54, 1.807) is 6.33 Å². The number of benzene rings is 1. The number of anilines is 1. The molecule has 3 aromatic rings. The highest BCUT2D eigenvalue weighted by Crippen LogP contribution is 2.45. The SMILES string of the molecule is Cc1ncnc(N2CCCC3(CCc4cnc(-c5ccccc5)nc43)C2)c1C.